The number of hydrogen-bond donors (Lipinski definition) is 1. The van der Waals surface area contributed by atoms with Crippen LogP contribution in [0.3, 0.4) is 0 Å². The van der Waals surface area contributed by atoms with E-state index >= 15 is 0 Å². The monoisotopic (exact) mass is 366 g/mol. The smallest absolute Gasteiger partial charge is 0.144 e. The number of ether oxygens (including phenoxy) is 2. The van der Waals surface area contributed by atoms with Crippen molar-refractivity contribution in [3.8, 4) is 17.6 Å². The highest BCUT2D eigenvalue weighted by molar-refractivity contribution is 9.10. The molecule has 0 saturated carbocycles. The first-order valence-electron chi connectivity index (χ1n) is 5.96. The number of rotatable bonds is 4. The van der Waals surface area contributed by atoms with Crippen LogP contribution in [-0.2, 0) is 0 Å². The maximum Gasteiger partial charge on any atom is 0.144 e. The molecule has 0 unspecified atom stereocenters. The van der Waals surface area contributed by atoms with Crippen molar-refractivity contribution in [1.29, 1.82) is 5.26 Å². The molecule has 4 nitrogen and oxygen atoms in total. The Morgan fingerprint density at radius 1 is 1.10 bits per heavy atom. The topological polar surface area (TPSA) is 54.3 Å². The minimum atomic E-state index is 0.465. The van der Waals surface area contributed by atoms with Gasteiger partial charge in [0.15, 0.2) is 0 Å². The Hall–Kier alpha value is -1.90. The predicted molar refractivity (Wildman–Crippen MR) is 86.7 cm³/mol. The van der Waals surface area contributed by atoms with Gasteiger partial charge in [0, 0.05) is 22.3 Å². The third kappa shape index (κ3) is 3.60. The van der Waals surface area contributed by atoms with Gasteiger partial charge >= 0.3 is 0 Å². The molecule has 0 aromatic heterocycles. The van der Waals surface area contributed by atoms with Crippen LogP contribution in [-0.4, -0.2) is 14.2 Å². The summed E-state index contributed by atoms with van der Waals surface area (Å²) in [5, 5.41) is 12.7. The summed E-state index contributed by atoms with van der Waals surface area (Å²) >= 11 is 9.45. The van der Waals surface area contributed by atoms with E-state index in [0.717, 1.165) is 10.2 Å². The fraction of sp³-hybridized carbons (Fsp3) is 0.133. The van der Waals surface area contributed by atoms with Crippen LogP contribution in [0.2, 0.25) is 5.02 Å². The summed E-state index contributed by atoms with van der Waals surface area (Å²) in [6.07, 6.45) is 0. The molecule has 2 aromatic rings. The highest BCUT2D eigenvalue weighted by atomic mass is 79.9. The maximum absolute atomic E-state index is 9.01. The quantitative estimate of drug-likeness (QED) is 0.848. The van der Waals surface area contributed by atoms with E-state index in [-0.39, 0.29) is 0 Å². The molecule has 0 aliphatic carbocycles. The van der Waals surface area contributed by atoms with E-state index in [1.54, 1.807) is 38.5 Å². The van der Waals surface area contributed by atoms with Crippen molar-refractivity contribution in [2.75, 3.05) is 19.5 Å². The molecule has 0 heterocycles. The Bertz CT molecular complexity index is 714. The normalized spacial score (nSPS) is 9.86. The molecular formula is C15H12BrClN2O2. The van der Waals surface area contributed by atoms with Crippen molar-refractivity contribution in [2.24, 2.45) is 0 Å². The Morgan fingerprint density at radius 2 is 1.81 bits per heavy atom. The molecule has 0 fully saturated rings. The van der Waals surface area contributed by atoms with Gasteiger partial charge in [-0.1, -0.05) is 27.5 Å². The number of halogens is 2. The zero-order valence-corrected chi connectivity index (χ0v) is 13.7. The summed E-state index contributed by atoms with van der Waals surface area (Å²) in [6, 6.07) is 10.9. The summed E-state index contributed by atoms with van der Waals surface area (Å²) in [4.78, 5) is 0. The van der Waals surface area contributed by atoms with Gasteiger partial charge in [0.1, 0.15) is 11.5 Å². The van der Waals surface area contributed by atoms with Crippen molar-refractivity contribution in [3.63, 3.8) is 0 Å². The standard InChI is InChI=1S/C15H12BrClN2O2/c1-20-14-7-13(15(21-2)6-12(14)17)19-11-4-9(8-18)3-10(16)5-11/h3-7,19H,1-2H3. The first-order valence-corrected chi connectivity index (χ1v) is 7.13. The minimum Gasteiger partial charge on any atom is -0.495 e. The highest BCUT2D eigenvalue weighted by Gasteiger charge is 2.10. The Morgan fingerprint density at radius 3 is 2.43 bits per heavy atom. The van der Waals surface area contributed by atoms with Crippen LogP contribution < -0.4 is 14.8 Å². The average molecular weight is 368 g/mol. The van der Waals surface area contributed by atoms with Crippen LogP contribution in [0.4, 0.5) is 11.4 Å². The van der Waals surface area contributed by atoms with Gasteiger partial charge in [-0.25, -0.2) is 0 Å². The lowest BCUT2D eigenvalue weighted by Gasteiger charge is -2.14. The summed E-state index contributed by atoms with van der Waals surface area (Å²) in [7, 11) is 3.11. The van der Waals surface area contributed by atoms with Gasteiger partial charge in [-0.2, -0.15) is 5.26 Å². The predicted octanol–water partition coefficient (Wildman–Crippen LogP) is 4.73. The van der Waals surface area contributed by atoms with E-state index in [1.165, 1.54) is 0 Å². The Balaban J connectivity index is 2.43. The number of nitrogens with zero attached hydrogens (tertiary/aromatic N) is 1. The fourth-order valence-electron chi connectivity index (χ4n) is 1.84. The van der Waals surface area contributed by atoms with Gasteiger partial charge in [0.2, 0.25) is 0 Å². The lowest BCUT2D eigenvalue weighted by Crippen LogP contribution is -1.97. The molecule has 0 atom stereocenters. The Labute approximate surface area is 136 Å². The molecule has 0 bridgehead atoms. The number of benzene rings is 2. The minimum absolute atomic E-state index is 0.465. The maximum atomic E-state index is 9.01. The molecule has 0 amide bonds. The second kappa shape index (κ2) is 6.70. The number of methoxy groups -OCH3 is 2. The van der Waals surface area contributed by atoms with Crippen molar-refractivity contribution < 1.29 is 9.47 Å². The number of nitrogens with one attached hydrogen (secondary N) is 1. The molecule has 0 spiro atoms. The largest absolute Gasteiger partial charge is 0.495 e. The summed E-state index contributed by atoms with van der Waals surface area (Å²) in [6.45, 7) is 0. The highest BCUT2D eigenvalue weighted by Crippen LogP contribution is 2.37. The van der Waals surface area contributed by atoms with E-state index in [9.17, 15) is 0 Å². The lowest BCUT2D eigenvalue weighted by molar-refractivity contribution is 0.405. The van der Waals surface area contributed by atoms with Crippen LogP contribution in [0, 0.1) is 11.3 Å². The second-order valence-corrected chi connectivity index (χ2v) is 5.48. The fourth-order valence-corrected chi connectivity index (χ4v) is 2.56. The van der Waals surface area contributed by atoms with Gasteiger partial charge in [0.05, 0.1) is 36.6 Å². The molecule has 2 rings (SSSR count). The van der Waals surface area contributed by atoms with Gasteiger partial charge in [-0.05, 0) is 18.2 Å². The molecule has 0 saturated heterocycles. The van der Waals surface area contributed by atoms with Crippen LogP contribution in [0.5, 0.6) is 11.5 Å². The molecule has 0 aliphatic rings. The van der Waals surface area contributed by atoms with Gasteiger partial charge < -0.3 is 14.8 Å². The third-order valence-corrected chi connectivity index (χ3v) is 3.53. The first kappa shape index (κ1) is 15.5. The van der Waals surface area contributed by atoms with E-state index in [2.05, 4.69) is 27.3 Å². The van der Waals surface area contributed by atoms with Crippen molar-refractivity contribution in [3.05, 3.63) is 45.4 Å². The van der Waals surface area contributed by atoms with E-state index in [0.29, 0.717) is 27.8 Å². The molecule has 0 aliphatic heterocycles. The third-order valence-electron chi connectivity index (χ3n) is 2.78. The van der Waals surface area contributed by atoms with Crippen molar-refractivity contribution in [2.45, 2.75) is 0 Å². The number of nitriles is 1. The SMILES string of the molecule is COc1cc(Nc2cc(Br)cc(C#N)c2)c(OC)cc1Cl. The Kier molecular flexibility index (Phi) is 4.94. The van der Waals surface area contributed by atoms with Gasteiger partial charge in [0.25, 0.3) is 0 Å². The molecule has 2 aromatic carbocycles. The van der Waals surface area contributed by atoms with Crippen LogP contribution in [0.15, 0.2) is 34.8 Å². The molecule has 108 valence electrons. The number of hydrogen-bond acceptors (Lipinski definition) is 4. The molecule has 1 N–H and O–H groups in total. The van der Waals surface area contributed by atoms with E-state index < -0.39 is 0 Å². The van der Waals surface area contributed by atoms with Crippen molar-refractivity contribution in [1.82, 2.24) is 0 Å². The van der Waals surface area contributed by atoms with Crippen LogP contribution >= 0.6 is 27.5 Å². The lowest BCUT2D eigenvalue weighted by atomic mass is 10.2. The summed E-state index contributed by atoms with van der Waals surface area (Å²) in [5.41, 5.74) is 2.00. The summed E-state index contributed by atoms with van der Waals surface area (Å²) in [5.74, 6) is 1.12. The second-order valence-electron chi connectivity index (χ2n) is 4.15. The molecular weight excluding hydrogens is 356 g/mol. The average Bonchev–Trinajstić information content (AvgIpc) is 2.47. The van der Waals surface area contributed by atoms with Crippen LogP contribution in [0.1, 0.15) is 5.56 Å². The molecule has 21 heavy (non-hydrogen) atoms. The number of anilines is 2. The summed E-state index contributed by atoms with van der Waals surface area (Å²) < 4.78 is 11.3. The van der Waals surface area contributed by atoms with E-state index in [4.69, 9.17) is 26.3 Å². The molecule has 0 radical (unpaired) electrons. The first-order chi connectivity index (χ1) is 10.1. The van der Waals surface area contributed by atoms with Gasteiger partial charge in [-0.15, -0.1) is 0 Å². The molecule has 6 heteroatoms. The van der Waals surface area contributed by atoms with Crippen molar-refractivity contribution >= 4 is 38.9 Å². The van der Waals surface area contributed by atoms with Crippen LogP contribution in [0.25, 0.3) is 0 Å². The zero-order chi connectivity index (χ0) is 15.4. The van der Waals surface area contributed by atoms with Gasteiger partial charge in [-0.3, -0.25) is 0 Å². The van der Waals surface area contributed by atoms with E-state index in [1.807, 2.05) is 6.07 Å². The zero-order valence-electron chi connectivity index (χ0n) is 11.4.